The van der Waals surface area contributed by atoms with Crippen molar-refractivity contribution in [1.82, 2.24) is 14.7 Å². The summed E-state index contributed by atoms with van der Waals surface area (Å²) in [4.78, 5) is 33.6. The average Bonchev–Trinajstić information content (AvgIpc) is 3.60. The summed E-state index contributed by atoms with van der Waals surface area (Å²) in [6.07, 6.45) is 2.68. The van der Waals surface area contributed by atoms with E-state index in [2.05, 4.69) is 17.0 Å². The lowest BCUT2D eigenvalue weighted by Gasteiger charge is -2.31. The zero-order chi connectivity index (χ0) is 24.3. The van der Waals surface area contributed by atoms with E-state index in [1.807, 2.05) is 47.8 Å². The van der Waals surface area contributed by atoms with Crippen molar-refractivity contribution < 1.29 is 18.7 Å². The Hall–Kier alpha value is -2.94. The highest BCUT2D eigenvalue weighted by atomic mass is 32.1. The van der Waals surface area contributed by atoms with Crippen molar-refractivity contribution in [2.24, 2.45) is 0 Å². The quantitative estimate of drug-likeness (QED) is 0.386. The van der Waals surface area contributed by atoms with Gasteiger partial charge in [0.05, 0.1) is 39.0 Å². The van der Waals surface area contributed by atoms with Gasteiger partial charge in [-0.1, -0.05) is 36.4 Å². The molecule has 1 aliphatic rings. The third-order valence-electron chi connectivity index (χ3n) is 6.17. The van der Waals surface area contributed by atoms with E-state index in [1.165, 1.54) is 5.56 Å². The maximum atomic E-state index is 13.5. The number of morpholine rings is 1. The zero-order valence-electron chi connectivity index (χ0n) is 20.0. The Morgan fingerprint density at radius 2 is 1.74 bits per heavy atom. The first-order valence-electron chi connectivity index (χ1n) is 12.1. The van der Waals surface area contributed by atoms with Crippen molar-refractivity contribution in [3.63, 3.8) is 0 Å². The summed E-state index contributed by atoms with van der Waals surface area (Å²) in [7, 11) is 0. The predicted molar refractivity (Wildman–Crippen MR) is 136 cm³/mol. The van der Waals surface area contributed by atoms with Crippen LogP contribution < -0.4 is 0 Å². The fourth-order valence-corrected chi connectivity index (χ4v) is 4.80. The van der Waals surface area contributed by atoms with Gasteiger partial charge in [0.25, 0.3) is 0 Å². The zero-order valence-corrected chi connectivity index (χ0v) is 20.8. The smallest absolute Gasteiger partial charge is 0.242 e. The lowest BCUT2D eigenvalue weighted by atomic mass is 10.1. The van der Waals surface area contributed by atoms with Gasteiger partial charge >= 0.3 is 0 Å². The Bertz CT molecular complexity index is 1020. The molecule has 0 aliphatic carbocycles. The number of carbonyl (C=O) groups is 2. The predicted octanol–water partition coefficient (Wildman–Crippen LogP) is 3.32. The van der Waals surface area contributed by atoms with Crippen LogP contribution in [0.3, 0.4) is 0 Å². The third-order valence-corrected chi connectivity index (χ3v) is 7.04. The molecule has 1 aliphatic heterocycles. The molecule has 7 nitrogen and oxygen atoms in total. The van der Waals surface area contributed by atoms with Crippen molar-refractivity contribution in [3.05, 3.63) is 82.4 Å². The topological polar surface area (TPSA) is 66.2 Å². The molecule has 2 amide bonds. The van der Waals surface area contributed by atoms with E-state index in [0.717, 1.165) is 36.7 Å². The number of ether oxygens (including phenoxy) is 1. The van der Waals surface area contributed by atoms with Crippen molar-refractivity contribution in [1.29, 1.82) is 0 Å². The normalized spacial score (nSPS) is 14.1. The average molecular weight is 496 g/mol. The molecule has 0 bridgehead atoms. The number of rotatable bonds is 12. The Labute approximate surface area is 210 Å². The van der Waals surface area contributed by atoms with E-state index < -0.39 is 0 Å². The molecule has 1 saturated heterocycles. The van der Waals surface area contributed by atoms with Crippen LogP contribution in [-0.4, -0.2) is 79.0 Å². The number of hydrogen-bond donors (Lipinski definition) is 0. The molecule has 8 heteroatoms. The SMILES string of the molecule is O=C(Cc1cccs1)N(CCN1CCOCC1)CC(=O)N(CCc1ccccc1)Cc1ccco1. The molecule has 0 saturated carbocycles. The Morgan fingerprint density at radius 1 is 0.914 bits per heavy atom. The van der Waals surface area contributed by atoms with Gasteiger partial charge < -0.3 is 19.0 Å². The summed E-state index contributed by atoms with van der Waals surface area (Å²) >= 11 is 1.57. The molecule has 35 heavy (non-hydrogen) atoms. The summed E-state index contributed by atoms with van der Waals surface area (Å²) in [5.41, 5.74) is 1.17. The molecular formula is C27H33N3O4S. The first-order chi connectivity index (χ1) is 17.2. The van der Waals surface area contributed by atoms with Crippen LogP contribution in [0.5, 0.6) is 0 Å². The van der Waals surface area contributed by atoms with Crippen LogP contribution in [-0.2, 0) is 33.7 Å². The minimum atomic E-state index is -0.0705. The maximum absolute atomic E-state index is 13.5. The highest BCUT2D eigenvalue weighted by Crippen LogP contribution is 2.13. The second kappa shape index (κ2) is 13.2. The fraction of sp³-hybridized carbons (Fsp3) is 0.407. The standard InChI is InChI=1S/C27H33N3O4S/c31-26(20-25-9-5-19-35-25)30(13-12-28-14-17-33-18-15-28)22-27(32)29(21-24-8-4-16-34-24)11-10-23-6-2-1-3-7-23/h1-9,16,19H,10-15,17-18,20-22H2. The molecule has 3 heterocycles. The molecule has 1 aromatic carbocycles. The molecule has 2 aromatic heterocycles. The van der Waals surface area contributed by atoms with E-state index >= 15 is 0 Å². The van der Waals surface area contributed by atoms with Gasteiger partial charge in [0.1, 0.15) is 5.76 Å². The van der Waals surface area contributed by atoms with Crippen LogP contribution >= 0.6 is 11.3 Å². The van der Waals surface area contributed by atoms with Crippen LogP contribution in [0.2, 0.25) is 0 Å². The number of hydrogen-bond acceptors (Lipinski definition) is 6. The summed E-state index contributed by atoms with van der Waals surface area (Å²) in [5, 5.41) is 1.97. The third kappa shape index (κ3) is 8.06. The summed E-state index contributed by atoms with van der Waals surface area (Å²) in [6, 6.07) is 17.7. The molecule has 0 unspecified atom stereocenters. The molecule has 186 valence electrons. The minimum Gasteiger partial charge on any atom is -0.467 e. The van der Waals surface area contributed by atoms with Crippen LogP contribution in [0.4, 0.5) is 0 Å². The van der Waals surface area contributed by atoms with Gasteiger partial charge in [0, 0.05) is 37.6 Å². The first-order valence-corrected chi connectivity index (χ1v) is 13.0. The molecular weight excluding hydrogens is 462 g/mol. The molecule has 0 N–H and O–H groups in total. The number of amides is 2. The molecule has 1 fully saturated rings. The first kappa shape index (κ1) is 25.2. The van der Waals surface area contributed by atoms with Gasteiger partial charge in [-0.3, -0.25) is 14.5 Å². The molecule has 4 rings (SSSR count). The maximum Gasteiger partial charge on any atom is 0.242 e. The van der Waals surface area contributed by atoms with E-state index in [1.54, 1.807) is 27.4 Å². The van der Waals surface area contributed by atoms with Crippen LogP contribution in [0.25, 0.3) is 0 Å². The lowest BCUT2D eigenvalue weighted by molar-refractivity contribution is -0.141. The monoisotopic (exact) mass is 495 g/mol. The van der Waals surface area contributed by atoms with Crippen molar-refractivity contribution in [2.45, 2.75) is 19.4 Å². The second-order valence-corrected chi connectivity index (χ2v) is 9.69. The lowest BCUT2D eigenvalue weighted by Crippen LogP contribution is -2.47. The largest absolute Gasteiger partial charge is 0.467 e. The van der Waals surface area contributed by atoms with Crippen molar-refractivity contribution in [3.8, 4) is 0 Å². The number of carbonyl (C=O) groups excluding carboxylic acids is 2. The molecule has 0 radical (unpaired) electrons. The summed E-state index contributed by atoms with van der Waals surface area (Å²) < 4.78 is 11.0. The summed E-state index contributed by atoms with van der Waals surface area (Å²) in [6.45, 7) is 5.36. The highest BCUT2D eigenvalue weighted by Gasteiger charge is 2.23. The van der Waals surface area contributed by atoms with Gasteiger partial charge in [-0.15, -0.1) is 11.3 Å². The van der Waals surface area contributed by atoms with Gasteiger partial charge in [-0.05, 0) is 35.6 Å². The number of nitrogens with zero attached hydrogens (tertiary/aromatic N) is 3. The van der Waals surface area contributed by atoms with Crippen LogP contribution in [0, 0.1) is 0 Å². The van der Waals surface area contributed by atoms with Crippen LogP contribution in [0.15, 0.2) is 70.7 Å². The molecule has 0 atom stereocenters. The van der Waals surface area contributed by atoms with Crippen molar-refractivity contribution >= 4 is 23.2 Å². The van der Waals surface area contributed by atoms with Crippen molar-refractivity contribution in [2.75, 3.05) is 52.5 Å². The number of benzene rings is 1. The second-order valence-electron chi connectivity index (χ2n) is 8.66. The van der Waals surface area contributed by atoms with E-state index in [0.29, 0.717) is 39.3 Å². The van der Waals surface area contributed by atoms with Crippen LogP contribution in [0.1, 0.15) is 16.2 Å². The number of furan rings is 1. The van der Waals surface area contributed by atoms with Gasteiger partial charge in [-0.2, -0.15) is 0 Å². The van der Waals surface area contributed by atoms with Gasteiger partial charge in [0.2, 0.25) is 11.8 Å². The number of thiophene rings is 1. The Balaban J connectivity index is 1.43. The van der Waals surface area contributed by atoms with Gasteiger partial charge in [-0.25, -0.2) is 0 Å². The fourth-order valence-electron chi connectivity index (χ4n) is 4.11. The molecule has 0 spiro atoms. The highest BCUT2D eigenvalue weighted by molar-refractivity contribution is 7.10. The molecule has 3 aromatic rings. The Morgan fingerprint density at radius 3 is 2.46 bits per heavy atom. The van der Waals surface area contributed by atoms with E-state index in [-0.39, 0.29) is 18.4 Å². The minimum absolute atomic E-state index is 0.0185. The summed E-state index contributed by atoms with van der Waals surface area (Å²) in [5.74, 6) is 0.644. The van der Waals surface area contributed by atoms with E-state index in [4.69, 9.17) is 9.15 Å². The van der Waals surface area contributed by atoms with Gasteiger partial charge in [0.15, 0.2) is 0 Å². The van der Waals surface area contributed by atoms with E-state index in [9.17, 15) is 9.59 Å². The Kier molecular flexibility index (Phi) is 9.51.